The quantitative estimate of drug-likeness (QED) is 0.778. The second-order valence-electron chi connectivity index (χ2n) is 5.18. The summed E-state index contributed by atoms with van der Waals surface area (Å²) < 4.78 is 7.42. The van der Waals surface area contributed by atoms with Crippen molar-refractivity contribution in [3.05, 3.63) is 42.5 Å². The van der Waals surface area contributed by atoms with E-state index in [1.54, 1.807) is 0 Å². The van der Waals surface area contributed by atoms with E-state index in [-0.39, 0.29) is 12.5 Å². The van der Waals surface area contributed by atoms with E-state index in [1.165, 1.54) is 16.4 Å². The van der Waals surface area contributed by atoms with Gasteiger partial charge in [0.05, 0.1) is 0 Å². The molecule has 22 heavy (non-hydrogen) atoms. The molecule has 0 aliphatic carbocycles. The largest absolute Gasteiger partial charge is 0.372 e. The zero-order chi connectivity index (χ0) is 15.5. The lowest BCUT2D eigenvalue weighted by atomic mass is 10.1. The molecule has 1 heterocycles. The van der Waals surface area contributed by atoms with Gasteiger partial charge in [0.15, 0.2) is 0 Å². The van der Waals surface area contributed by atoms with Crippen molar-refractivity contribution in [1.29, 1.82) is 0 Å². The van der Waals surface area contributed by atoms with Crippen molar-refractivity contribution in [3.63, 3.8) is 0 Å². The first-order valence-electron chi connectivity index (χ1n) is 7.63. The Kier molecular flexibility index (Phi) is 4.11. The summed E-state index contributed by atoms with van der Waals surface area (Å²) in [4.78, 5) is 11.8. The van der Waals surface area contributed by atoms with Crippen molar-refractivity contribution >= 4 is 33.4 Å². The molecule has 114 valence electrons. The molecule has 1 aromatic heterocycles. The summed E-state index contributed by atoms with van der Waals surface area (Å²) in [6.07, 6.45) is 0. The number of aryl methyl sites for hydroxylation is 1. The maximum atomic E-state index is 11.8. The van der Waals surface area contributed by atoms with Gasteiger partial charge in [-0.15, -0.1) is 0 Å². The molecule has 0 radical (unpaired) electrons. The molecule has 3 rings (SSSR count). The van der Waals surface area contributed by atoms with Crippen LogP contribution in [0, 0.1) is 0 Å². The molecule has 0 aliphatic heterocycles. The average Bonchev–Trinajstić information content (AvgIpc) is 2.86. The van der Waals surface area contributed by atoms with Gasteiger partial charge >= 0.3 is 0 Å². The van der Waals surface area contributed by atoms with Gasteiger partial charge in [0.2, 0.25) is 5.91 Å². The van der Waals surface area contributed by atoms with Gasteiger partial charge in [-0.2, -0.15) is 0 Å². The average molecular weight is 296 g/mol. The molecule has 0 atom stereocenters. The second kappa shape index (κ2) is 6.20. The number of carbonyl (C=O) groups excluding carboxylic acids is 1. The number of para-hydroxylation sites is 1. The van der Waals surface area contributed by atoms with Crippen LogP contribution < -0.4 is 5.32 Å². The summed E-state index contributed by atoms with van der Waals surface area (Å²) in [5.41, 5.74) is 3.21. The number of rotatable bonds is 5. The highest BCUT2D eigenvalue weighted by Gasteiger charge is 2.10. The highest BCUT2D eigenvalue weighted by Crippen LogP contribution is 2.30. The lowest BCUT2D eigenvalue weighted by Gasteiger charge is -2.06. The fraction of sp³-hybridized carbons (Fsp3) is 0.278. The number of aromatic nitrogens is 1. The van der Waals surface area contributed by atoms with E-state index in [0.717, 1.165) is 17.6 Å². The topological polar surface area (TPSA) is 43.3 Å². The van der Waals surface area contributed by atoms with Gasteiger partial charge < -0.3 is 14.6 Å². The van der Waals surface area contributed by atoms with Crippen molar-refractivity contribution in [2.45, 2.75) is 20.4 Å². The van der Waals surface area contributed by atoms with Crippen LogP contribution in [0.25, 0.3) is 21.8 Å². The number of fused-ring (bicyclic) bond motifs is 3. The van der Waals surface area contributed by atoms with E-state index >= 15 is 0 Å². The number of hydrogen-bond donors (Lipinski definition) is 1. The van der Waals surface area contributed by atoms with Crippen molar-refractivity contribution in [2.75, 3.05) is 18.5 Å². The lowest BCUT2D eigenvalue weighted by Crippen LogP contribution is -2.18. The molecular formula is C18H20N2O2. The molecule has 0 spiro atoms. The molecule has 4 heteroatoms. The van der Waals surface area contributed by atoms with E-state index in [2.05, 4.69) is 41.1 Å². The standard InChI is InChI=1S/C18H20N2O2/c1-3-20-16-8-6-5-7-14(16)15-11-13(9-10-17(15)20)19-18(21)12-22-4-2/h5-11H,3-4,12H2,1-2H3,(H,19,21). The molecule has 0 saturated carbocycles. The minimum absolute atomic E-state index is 0.0885. The van der Waals surface area contributed by atoms with Crippen LogP contribution >= 0.6 is 0 Å². The van der Waals surface area contributed by atoms with E-state index in [9.17, 15) is 4.79 Å². The van der Waals surface area contributed by atoms with Gasteiger partial charge in [0.25, 0.3) is 0 Å². The number of carbonyl (C=O) groups is 1. The molecule has 3 aromatic rings. The van der Waals surface area contributed by atoms with Crippen molar-refractivity contribution < 1.29 is 9.53 Å². The summed E-state index contributed by atoms with van der Waals surface area (Å²) >= 11 is 0. The smallest absolute Gasteiger partial charge is 0.250 e. The van der Waals surface area contributed by atoms with Crippen LogP contribution in [0.4, 0.5) is 5.69 Å². The first-order chi connectivity index (χ1) is 10.7. The third-order valence-corrected chi connectivity index (χ3v) is 3.81. The monoisotopic (exact) mass is 296 g/mol. The highest BCUT2D eigenvalue weighted by molar-refractivity contribution is 6.09. The summed E-state index contributed by atoms with van der Waals surface area (Å²) in [5, 5.41) is 5.26. The Hall–Kier alpha value is -2.33. The van der Waals surface area contributed by atoms with Gasteiger partial charge in [0, 0.05) is 40.6 Å². The molecule has 0 aliphatic rings. The SMILES string of the molecule is CCOCC(=O)Nc1ccc2c(c1)c1ccccc1n2CC. The van der Waals surface area contributed by atoms with Gasteiger partial charge in [0.1, 0.15) is 6.61 Å². The Morgan fingerprint density at radius 2 is 1.86 bits per heavy atom. The zero-order valence-corrected chi connectivity index (χ0v) is 12.9. The van der Waals surface area contributed by atoms with Crippen molar-refractivity contribution in [1.82, 2.24) is 4.57 Å². The summed E-state index contributed by atoms with van der Waals surface area (Å²) in [6, 6.07) is 14.4. The van der Waals surface area contributed by atoms with Gasteiger partial charge in [-0.05, 0) is 38.1 Å². The summed E-state index contributed by atoms with van der Waals surface area (Å²) in [5.74, 6) is -0.125. The molecular weight excluding hydrogens is 276 g/mol. The highest BCUT2D eigenvalue weighted by atomic mass is 16.5. The molecule has 0 fully saturated rings. The molecule has 1 amide bonds. The normalized spacial score (nSPS) is 11.2. The Balaban J connectivity index is 2.02. The van der Waals surface area contributed by atoms with E-state index < -0.39 is 0 Å². The Bertz CT molecular complexity index is 820. The maximum Gasteiger partial charge on any atom is 0.250 e. The Labute approximate surface area is 129 Å². The van der Waals surface area contributed by atoms with Crippen LogP contribution in [-0.2, 0) is 16.1 Å². The van der Waals surface area contributed by atoms with E-state index in [4.69, 9.17) is 4.74 Å². The number of nitrogens with zero attached hydrogens (tertiary/aromatic N) is 1. The number of hydrogen-bond acceptors (Lipinski definition) is 2. The molecule has 1 N–H and O–H groups in total. The van der Waals surface area contributed by atoms with Gasteiger partial charge in [-0.3, -0.25) is 4.79 Å². The van der Waals surface area contributed by atoms with E-state index in [1.807, 2.05) is 25.1 Å². The van der Waals surface area contributed by atoms with Crippen LogP contribution in [0.1, 0.15) is 13.8 Å². The van der Waals surface area contributed by atoms with Crippen molar-refractivity contribution in [2.24, 2.45) is 0 Å². The number of anilines is 1. The van der Waals surface area contributed by atoms with Gasteiger partial charge in [-0.1, -0.05) is 18.2 Å². The minimum Gasteiger partial charge on any atom is -0.372 e. The van der Waals surface area contributed by atoms with Crippen LogP contribution in [0.2, 0.25) is 0 Å². The fourth-order valence-corrected chi connectivity index (χ4v) is 2.86. The predicted molar refractivity (Wildman–Crippen MR) is 90.2 cm³/mol. The van der Waals surface area contributed by atoms with Crippen LogP contribution in [0.5, 0.6) is 0 Å². The third-order valence-electron chi connectivity index (χ3n) is 3.81. The third kappa shape index (κ3) is 2.57. The van der Waals surface area contributed by atoms with E-state index in [0.29, 0.717) is 6.61 Å². The lowest BCUT2D eigenvalue weighted by molar-refractivity contribution is -0.120. The minimum atomic E-state index is -0.125. The summed E-state index contributed by atoms with van der Waals surface area (Å²) in [7, 11) is 0. The molecule has 0 bridgehead atoms. The van der Waals surface area contributed by atoms with Crippen LogP contribution in [-0.4, -0.2) is 23.7 Å². The number of nitrogens with one attached hydrogen (secondary N) is 1. The zero-order valence-electron chi connectivity index (χ0n) is 12.9. The molecule has 2 aromatic carbocycles. The summed E-state index contributed by atoms with van der Waals surface area (Å²) in [6.45, 7) is 5.56. The first-order valence-corrected chi connectivity index (χ1v) is 7.63. The number of amides is 1. The molecule has 0 unspecified atom stereocenters. The molecule has 0 saturated heterocycles. The Morgan fingerprint density at radius 3 is 2.64 bits per heavy atom. The Morgan fingerprint density at radius 1 is 1.09 bits per heavy atom. The molecule has 4 nitrogen and oxygen atoms in total. The predicted octanol–water partition coefficient (Wildman–Crippen LogP) is 3.79. The second-order valence-corrected chi connectivity index (χ2v) is 5.18. The fourth-order valence-electron chi connectivity index (χ4n) is 2.86. The van der Waals surface area contributed by atoms with Gasteiger partial charge in [-0.25, -0.2) is 0 Å². The first kappa shape index (κ1) is 14.6. The number of ether oxygens (including phenoxy) is 1. The maximum absolute atomic E-state index is 11.8. The van der Waals surface area contributed by atoms with Crippen LogP contribution in [0.3, 0.4) is 0 Å². The number of benzene rings is 2. The van der Waals surface area contributed by atoms with Crippen molar-refractivity contribution in [3.8, 4) is 0 Å². The van der Waals surface area contributed by atoms with Crippen LogP contribution in [0.15, 0.2) is 42.5 Å².